The van der Waals surface area contributed by atoms with E-state index < -0.39 is 0 Å². The quantitative estimate of drug-likeness (QED) is 0.451. The summed E-state index contributed by atoms with van der Waals surface area (Å²) < 4.78 is 5.69. The molecule has 29 heavy (non-hydrogen) atoms. The number of thiazole rings is 1. The van der Waals surface area contributed by atoms with Crippen LogP contribution in [0, 0.1) is 0 Å². The molecular weight excluding hydrogens is 390 g/mol. The molecule has 0 spiro atoms. The predicted molar refractivity (Wildman–Crippen MR) is 109 cm³/mol. The number of benzene rings is 1. The van der Waals surface area contributed by atoms with E-state index in [1.165, 1.54) is 24.5 Å². The molecule has 0 aliphatic carbocycles. The van der Waals surface area contributed by atoms with E-state index in [-0.39, 0.29) is 11.8 Å². The summed E-state index contributed by atoms with van der Waals surface area (Å²) in [6.07, 6.45) is 1.49. The summed E-state index contributed by atoms with van der Waals surface area (Å²) in [7, 11) is 0. The van der Waals surface area contributed by atoms with Gasteiger partial charge >= 0.3 is 0 Å². The molecule has 0 bridgehead atoms. The van der Waals surface area contributed by atoms with Crippen LogP contribution in [0.1, 0.15) is 23.0 Å². The van der Waals surface area contributed by atoms with Crippen molar-refractivity contribution in [1.82, 2.24) is 20.5 Å². The van der Waals surface area contributed by atoms with Gasteiger partial charge in [-0.2, -0.15) is 5.10 Å². The molecule has 3 aromatic heterocycles. The van der Waals surface area contributed by atoms with Crippen molar-refractivity contribution < 1.29 is 14.0 Å². The summed E-state index contributed by atoms with van der Waals surface area (Å²) >= 11 is 1.30. The Hall–Kier alpha value is -3.72. The number of anilines is 1. The van der Waals surface area contributed by atoms with E-state index >= 15 is 0 Å². The van der Waals surface area contributed by atoms with Crippen LogP contribution >= 0.6 is 11.3 Å². The van der Waals surface area contributed by atoms with Crippen molar-refractivity contribution in [2.45, 2.75) is 13.5 Å². The molecule has 4 aromatic rings. The highest BCUT2D eigenvalue weighted by Gasteiger charge is 2.17. The van der Waals surface area contributed by atoms with Gasteiger partial charge in [-0.1, -0.05) is 30.3 Å². The summed E-state index contributed by atoms with van der Waals surface area (Å²) in [5, 5.41) is 14.6. The van der Waals surface area contributed by atoms with Crippen molar-refractivity contribution in [3.8, 4) is 22.7 Å². The van der Waals surface area contributed by atoms with Crippen molar-refractivity contribution in [2.75, 3.05) is 5.32 Å². The van der Waals surface area contributed by atoms with Gasteiger partial charge in [-0.3, -0.25) is 20.0 Å². The molecule has 0 aliphatic heterocycles. The number of rotatable bonds is 6. The SMILES string of the molecule is CC(=O)NCc1ccc(-c2csc(NC(=O)c3cn[nH]c3-c3ccccc3)n2)o1. The molecule has 0 atom stereocenters. The van der Waals surface area contributed by atoms with E-state index in [1.54, 1.807) is 17.5 Å². The lowest BCUT2D eigenvalue weighted by Crippen LogP contribution is -2.18. The number of nitrogens with one attached hydrogen (secondary N) is 3. The van der Waals surface area contributed by atoms with Crippen LogP contribution in [-0.2, 0) is 11.3 Å². The highest BCUT2D eigenvalue weighted by atomic mass is 32.1. The van der Waals surface area contributed by atoms with Gasteiger partial charge in [0.25, 0.3) is 5.91 Å². The molecule has 2 amide bonds. The van der Waals surface area contributed by atoms with Gasteiger partial charge in [0.15, 0.2) is 10.9 Å². The molecule has 1 aromatic carbocycles. The predicted octanol–water partition coefficient (Wildman–Crippen LogP) is 3.68. The zero-order chi connectivity index (χ0) is 20.2. The zero-order valence-corrected chi connectivity index (χ0v) is 16.2. The first kappa shape index (κ1) is 18.6. The van der Waals surface area contributed by atoms with Gasteiger partial charge in [-0.05, 0) is 12.1 Å². The van der Waals surface area contributed by atoms with Gasteiger partial charge in [-0.15, -0.1) is 11.3 Å². The van der Waals surface area contributed by atoms with E-state index in [4.69, 9.17) is 4.42 Å². The summed E-state index contributed by atoms with van der Waals surface area (Å²) in [4.78, 5) is 28.1. The number of hydrogen-bond acceptors (Lipinski definition) is 6. The van der Waals surface area contributed by atoms with Crippen LogP contribution in [-0.4, -0.2) is 27.0 Å². The Morgan fingerprint density at radius 2 is 2.00 bits per heavy atom. The average molecular weight is 407 g/mol. The highest BCUT2D eigenvalue weighted by Crippen LogP contribution is 2.28. The second-order valence-electron chi connectivity index (χ2n) is 6.19. The lowest BCUT2D eigenvalue weighted by Gasteiger charge is -2.03. The molecule has 0 saturated carbocycles. The van der Waals surface area contributed by atoms with Gasteiger partial charge in [0.1, 0.15) is 11.5 Å². The number of hydrogen-bond donors (Lipinski definition) is 3. The number of nitrogens with zero attached hydrogens (tertiary/aromatic N) is 2. The van der Waals surface area contributed by atoms with Crippen LogP contribution < -0.4 is 10.6 Å². The van der Waals surface area contributed by atoms with E-state index in [2.05, 4.69) is 25.8 Å². The first-order valence-electron chi connectivity index (χ1n) is 8.79. The number of H-pyrrole nitrogens is 1. The second kappa shape index (κ2) is 8.11. The Morgan fingerprint density at radius 3 is 2.79 bits per heavy atom. The fourth-order valence-electron chi connectivity index (χ4n) is 2.71. The van der Waals surface area contributed by atoms with Crippen LogP contribution in [0.15, 0.2) is 58.5 Å². The molecule has 0 saturated heterocycles. The lowest BCUT2D eigenvalue weighted by atomic mass is 10.1. The molecule has 4 rings (SSSR count). The molecule has 0 unspecified atom stereocenters. The Kier molecular flexibility index (Phi) is 5.21. The van der Waals surface area contributed by atoms with Crippen molar-refractivity contribution >= 4 is 28.3 Å². The first-order valence-corrected chi connectivity index (χ1v) is 9.67. The summed E-state index contributed by atoms with van der Waals surface area (Å²) in [5.41, 5.74) is 2.56. The molecule has 3 N–H and O–H groups in total. The Bertz CT molecular complexity index is 1150. The minimum atomic E-state index is -0.302. The van der Waals surface area contributed by atoms with E-state index in [9.17, 15) is 9.59 Å². The fourth-order valence-corrected chi connectivity index (χ4v) is 3.41. The molecule has 3 heterocycles. The van der Waals surface area contributed by atoms with Crippen LogP contribution in [0.3, 0.4) is 0 Å². The summed E-state index contributed by atoms with van der Waals surface area (Å²) in [6, 6.07) is 13.1. The molecule has 0 radical (unpaired) electrons. The number of aromatic amines is 1. The normalized spacial score (nSPS) is 10.7. The maximum atomic E-state index is 12.7. The van der Waals surface area contributed by atoms with Gasteiger partial charge in [0, 0.05) is 17.9 Å². The van der Waals surface area contributed by atoms with Gasteiger partial charge in [-0.25, -0.2) is 4.98 Å². The lowest BCUT2D eigenvalue weighted by molar-refractivity contribution is -0.119. The number of amides is 2. The molecular formula is C20H17N5O3S. The molecule has 0 fully saturated rings. The third-order valence-corrected chi connectivity index (χ3v) is 4.85. The van der Waals surface area contributed by atoms with Gasteiger partial charge < -0.3 is 9.73 Å². The number of carbonyl (C=O) groups is 2. The minimum absolute atomic E-state index is 0.129. The van der Waals surface area contributed by atoms with Crippen LogP contribution in [0.25, 0.3) is 22.7 Å². The molecule has 0 aliphatic rings. The van der Waals surface area contributed by atoms with Crippen LogP contribution in [0.2, 0.25) is 0 Å². The maximum absolute atomic E-state index is 12.7. The van der Waals surface area contributed by atoms with Gasteiger partial charge in [0.05, 0.1) is 24.0 Å². The van der Waals surface area contributed by atoms with Crippen molar-refractivity contribution in [1.29, 1.82) is 0 Å². The standard InChI is InChI=1S/C20H17N5O3S/c1-12(26)21-9-14-7-8-17(28-14)16-11-29-20(23-16)24-19(27)15-10-22-25-18(15)13-5-3-2-4-6-13/h2-8,10-11H,9H2,1H3,(H,21,26)(H,22,25)(H,23,24,27). The van der Waals surface area contributed by atoms with E-state index in [0.29, 0.717) is 40.1 Å². The molecule has 8 nitrogen and oxygen atoms in total. The van der Waals surface area contributed by atoms with Crippen molar-refractivity contribution in [2.24, 2.45) is 0 Å². The topological polar surface area (TPSA) is 113 Å². The first-order chi connectivity index (χ1) is 14.1. The largest absolute Gasteiger partial charge is 0.458 e. The minimum Gasteiger partial charge on any atom is -0.458 e. The summed E-state index contributed by atoms with van der Waals surface area (Å²) in [6.45, 7) is 1.76. The van der Waals surface area contributed by atoms with Crippen LogP contribution in [0.4, 0.5) is 5.13 Å². The van der Waals surface area contributed by atoms with E-state index in [1.807, 2.05) is 30.3 Å². The third kappa shape index (κ3) is 4.25. The number of furan rings is 1. The molecule has 9 heteroatoms. The fraction of sp³-hybridized carbons (Fsp3) is 0.100. The third-order valence-electron chi connectivity index (χ3n) is 4.10. The van der Waals surface area contributed by atoms with Gasteiger partial charge in [0.2, 0.25) is 5.91 Å². The van der Waals surface area contributed by atoms with Crippen LogP contribution in [0.5, 0.6) is 0 Å². The maximum Gasteiger partial charge on any atom is 0.261 e. The smallest absolute Gasteiger partial charge is 0.261 e. The monoisotopic (exact) mass is 407 g/mol. The highest BCUT2D eigenvalue weighted by molar-refractivity contribution is 7.14. The Morgan fingerprint density at radius 1 is 1.17 bits per heavy atom. The zero-order valence-electron chi connectivity index (χ0n) is 15.4. The number of carbonyl (C=O) groups excluding carboxylic acids is 2. The van der Waals surface area contributed by atoms with Crippen molar-refractivity contribution in [3.63, 3.8) is 0 Å². The Balaban J connectivity index is 1.47. The summed E-state index contributed by atoms with van der Waals surface area (Å²) in [5.74, 6) is 0.759. The number of aromatic nitrogens is 3. The second-order valence-corrected chi connectivity index (χ2v) is 7.05. The van der Waals surface area contributed by atoms with E-state index in [0.717, 1.165) is 5.56 Å². The Labute approximate surface area is 170 Å². The average Bonchev–Trinajstić information content (AvgIpc) is 3.47. The van der Waals surface area contributed by atoms with Crippen molar-refractivity contribution in [3.05, 3.63) is 65.4 Å². The molecule has 146 valence electrons.